The molecule has 0 fully saturated rings. The molecule has 7 heteroatoms. The Morgan fingerprint density at radius 2 is 1.63 bits per heavy atom. The minimum absolute atomic E-state index is 0.0587. The standard InChI is InChI=1S/C20H22N2O5/c1-13(21-14(2)23)20(25)27-12-15-4-6-16(7-5-15)19(24)22-17-8-10-18(26-3)11-9-17/h4-11,13H,12H2,1-3H3,(H,21,23)(H,22,24). The van der Waals surface area contributed by atoms with Gasteiger partial charge in [-0.1, -0.05) is 12.1 Å². The van der Waals surface area contributed by atoms with Crippen molar-refractivity contribution >= 4 is 23.5 Å². The Morgan fingerprint density at radius 3 is 2.19 bits per heavy atom. The van der Waals surface area contributed by atoms with E-state index in [0.29, 0.717) is 17.0 Å². The smallest absolute Gasteiger partial charge is 0.328 e. The van der Waals surface area contributed by atoms with Gasteiger partial charge in [0, 0.05) is 18.2 Å². The van der Waals surface area contributed by atoms with Crippen molar-refractivity contribution in [2.24, 2.45) is 0 Å². The van der Waals surface area contributed by atoms with Gasteiger partial charge in [-0.25, -0.2) is 4.79 Å². The molecule has 0 saturated carbocycles. The highest BCUT2D eigenvalue weighted by atomic mass is 16.5. The Labute approximate surface area is 157 Å². The summed E-state index contributed by atoms with van der Waals surface area (Å²) in [6.45, 7) is 2.94. The Morgan fingerprint density at radius 1 is 1.00 bits per heavy atom. The van der Waals surface area contributed by atoms with Gasteiger partial charge in [0.25, 0.3) is 5.91 Å². The van der Waals surface area contributed by atoms with Crippen molar-refractivity contribution < 1.29 is 23.9 Å². The molecule has 2 N–H and O–H groups in total. The Bertz CT molecular complexity index is 800. The highest BCUT2D eigenvalue weighted by Crippen LogP contribution is 2.16. The number of amides is 2. The number of anilines is 1. The predicted molar refractivity (Wildman–Crippen MR) is 100 cm³/mol. The molecule has 27 heavy (non-hydrogen) atoms. The van der Waals surface area contributed by atoms with E-state index in [4.69, 9.17) is 9.47 Å². The van der Waals surface area contributed by atoms with E-state index >= 15 is 0 Å². The quantitative estimate of drug-likeness (QED) is 0.731. The van der Waals surface area contributed by atoms with E-state index in [-0.39, 0.29) is 18.4 Å². The van der Waals surface area contributed by atoms with E-state index in [9.17, 15) is 14.4 Å². The molecule has 0 bridgehead atoms. The topological polar surface area (TPSA) is 93.7 Å². The lowest BCUT2D eigenvalue weighted by atomic mass is 10.1. The van der Waals surface area contributed by atoms with Crippen molar-refractivity contribution in [3.05, 3.63) is 59.7 Å². The van der Waals surface area contributed by atoms with Crippen molar-refractivity contribution in [3.63, 3.8) is 0 Å². The molecule has 1 unspecified atom stereocenters. The molecule has 2 aromatic rings. The van der Waals surface area contributed by atoms with Crippen LogP contribution in [0.5, 0.6) is 5.75 Å². The zero-order valence-electron chi connectivity index (χ0n) is 15.4. The van der Waals surface area contributed by atoms with Gasteiger partial charge in [-0.2, -0.15) is 0 Å². The molecule has 2 amide bonds. The Balaban J connectivity index is 1.89. The summed E-state index contributed by atoms with van der Waals surface area (Å²) in [7, 11) is 1.58. The van der Waals surface area contributed by atoms with E-state index in [1.54, 1.807) is 62.6 Å². The molecule has 0 heterocycles. The van der Waals surface area contributed by atoms with Gasteiger partial charge in [0.2, 0.25) is 5.91 Å². The lowest BCUT2D eigenvalue weighted by molar-refractivity contribution is -0.148. The second kappa shape index (κ2) is 9.38. The first kappa shape index (κ1) is 20.0. The summed E-state index contributed by atoms with van der Waals surface area (Å²) in [5.41, 5.74) is 1.87. The first-order valence-electron chi connectivity index (χ1n) is 8.37. The van der Waals surface area contributed by atoms with E-state index in [1.165, 1.54) is 6.92 Å². The van der Waals surface area contributed by atoms with Gasteiger partial charge in [-0.05, 0) is 48.9 Å². The molecule has 1 atom stereocenters. The largest absolute Gasteiger partial charge is 0.497 e. The Hall–Kier alpha value is -3.35. The number of carbonyl (C=O) groups excluding carboxylic acids is 3. The molecule has 142 valence electrons. The van der Waals surface area contributed by atoms with Crippen LogP contribution in [0.2, 0.25) is 0 Å². The average molecular weight is 370 g/mol. The summed E-state index contributed by atoms with van der Waals surface area (Å²) in [6, 6.07) is 13.0. The average Bonchev–Trinajstić information content (AvgIpc) is 2.66. The van der Waals surface area contributed by atoms with Gasteiger partial charge < -0.3 is 20.1 Å². The van der Waals surface area contributed by atoms with Gasteiger partial charge in [-0.15, -0.1) is 0 Å². The van der Waals surface area contributed by atoms with Crippen LogP contribution in [0.25, 0.3) is 0 Å². The first-order chi connectivity index (χ1) is 12.9. The number of hydrogen-bond donors (Lipinski definition) is 2. The molecule has 0 aliphatic carbocycles. The number of esters is 1. The predicted octanol–water partition coefficient (Wildman–Crippen LogP) is 2.52. The third-order valence-corrected chi connectivity index (χ3v) is 3.72. The van der Waals surface area contributed by atoms with Crippen molar-refractivity contribution in [2.45, 2.75) is 26.5 Å². The number of hydrogen-bond acceptors (Lipinski definition) is 5. The van der Waals surface area contributed by atoms with Crippen molar-refractivity contribution in [1.82, 2.24) is 5.32 Å². The fourth-order valence-corrected chi connectivity index (χ4v) is 2.27. The highest BCUT2D eigenvalue weighted by Gasteiger charge is 2.15. The fourth-order valence-electron chi connectivity index (χ4n) is 2.27. The normalized spacial score (nSPS) is 11.2. The van der Waals surface area contributed by atoms with E-state index in [1.807, 2.05) is 0 Å². The molecule has 0 spiro atoms. The first-order valence-corrected chi connectivity index (χ1v) is 8.37. The summed E-state index contributed by atoms with van der Waals surface area (Å²) in [5, 5.41) is 5.25. The second-order valence-corrected chi connectivity index (χ2v) is 5.91. The number of nitrogens with one attached hydrogen (secondary N) is 2. The molecule has 0 radical (unpaired) electrons. The van der Waals surface area contributed by atoms with Crippen molar-refractivity contribution in [1.29, 1.82) is 0 Å². The van der Waals surface area contributed by atoms with Crippen LogP contribution in [0.15, 0.2) is 48.5 Å². The lowest BCUT2D eigenvalue weighted by Crippen LogP contribution is -2.38. The second-order valence-electron chi connectivity index (χ2n) is 5.91. The van der Waals surface area contributed by atoms with Crippen molar-refractivity contribution in [3.8, 4) is 5.75 Å². The van der Waals surface area contributed by atoms with Gasteiger partial charge in [0.15, 0.2) is 0 Å². The van der Waals surface area contributed by atoms with Gasteiger partial charge in [-0.3, -0.25) is 9.59 Å². The third-order valence-electron chi connectivity index (χ3n) is 3.72. The maximum absolute atomic E-state index is 12.3. The minimum Gasteiger partial charge on any atom is -0.497 e. The summed E-state index contributed by atoms with van der Waals surface area (Å²) < 4.78 is 10.2. The summed E-state index contributed by atoms with van der Waals surface area (Å²) in [6.07, 6.45) is 0. The minimum atomic E-state index is -0.711. The number of benzene rings is 2. The maximum Gasteiger partial charge on any atom is 0.328 e. The number of ether oxygens (including phenoxy) is 2. The summed E-state index contributed by atoms with van der Waals surface area (Å²) in [5.74, 6) is -0.360. The van der Waals surface area contributed by atoms with Crippen LogP contribution < -0.4 is 15.4 Å². The Kier molecular flexibility index (Phi) is 6.93. The fraction of sp³-hybridized carbons (Fsp3) is 0.250. The molecule has 7 nitrogen and oxygen atoms in total. The highest BCUT2D eigenvalue weighted by molar-refractivity contribution is 6.04. The molecule has 0 aliphatic heterocycles. The summed E-state index contributed by atoms with van der Waals surface area (Å²) >= 11 is 0. The number of carbonyl (C=O) groups is 3. The van der Waals surface area contributed by atoms with Crippen LogP contribution in [0, 0.1) is 0 Å². The SMILES string of the molecule is COc1ccc(NC(=O)c2ccc(COC(=O)C(C)NC(C)=O)cc2)cc1. The van der Waals surface area contributed by atoms with Gasteiger partial charge in [0.05, 0.1) is 7.11 Å². The molecule has 0 aromatic heterocycles. The molecule has 0 saturated heterocycles. The maximum atomic E-state index is 12.3. The molecule has 2 rings (SSSR count). The number of rotatable bonds is 7. The number of methoxy groups -OCH3 is 1. The molecule has 0 aliphatic rings. The van der Waals surface area contributed by atoms with Crippen molar-refractivity contribution in [2.75, 3.05) is 12.4 Å². The van der Waals surface area contributed by atoms with Crippen LogP contribution in [-0.2, 0) is 20.9 Å². The van der Waals surface area contributed by atoms with Crippen LogP contribution in [-0.4, -0.2) is 30.9 Å². The van der Waals surface area contributed by atoms with Crippen LogP contribution in [0.1, 0.15) is 29.8 Å². The third kappa shape index (κ3) is 6.14. The lowest BCUT2D eigenvalue weighted by Gasteiger charge is -2.12. The summed E-state index contributed by atoms with van der Waals surface area (Å²) in [4.78, 5) is 35.0. The van der Waals surface area contributed by atoms with Crippen LogP contribution in [0.4, 0.5) is 5.69 Å². The van der Waals surface area contributed by atoms with E-state index in [0.717, 1.165) is 5.56 Å². The zero-order chi connectivity index (χ0) is 19.8. The van der Waals surface area contributed by atoms with Crippen LogP contribution >= 0.6 is 0 Å². The van der Waals surface area contributed by atoms with E-state index in [2.05, 4.69) is 10.6 Å². The van der Waals surface area contributed by atoms with Crippen LogP contribution in [0.3, 0.4) is 0 Å². The zero-order valence-corrected chi connectivity index (χ0v) is 15.4. The molecule has 2 aromatic carbocycles. The molecular weight excluding hydrogens is 348 g/mol. The molecular formula is C20H22N2O5. The van der Waals surface area contributed by atoms with E-state index < -0.39 is 12.0 Å². The monoisotopic (exact) mass is 370 g/mol. The van der Waals surface area contributed by atoms with Gasteiger partial charge >= 0.3 is 5.97 Å². The van der Waals surface area contributed by atoms with Gasteiger partial charge in [0.1, 0.15) is 18.4 Å².